The van der Waals surface area contributed by atoms with Crippen LogP contribution in [0.15, 0.2) is 57.9 Å². The number of fused-ring (bicyclic) bond motifs is 1. The average molecular weight is 350 g/mol. The molecule has 0 unspecified atom stereocenters. The molecule has 0 bridgehead atoms. The fourth-order valence-electron chi connectivity index (χ4n) is 3.64. The minimum Gasteiger partial charge on any atom is -0.261 e. The van der Waals surface area contributed by atoms with Gasteiger partial charge < -0.3 is 0 Å². The second-order valence-electron chi connectivity index (χ2n) is 6.63. The van der Waals surface area contributed by atoms with Gasteiger partial charge in [0.15, 0.2) is 0 Å². The predicted octanol–water partition coefficient (Wildman–Crippen LogP) is 5.31. The van der Waals surface area contributed by atoms with Crippen molar-refractivity contribution >= 4 is 28.3 Å². The molecular formula is C21H23N3S. The third-order valence-electron chi connectivity index (χ3n) is 4.99. The standard InChI is InChI=1S/C21H23N3S/c1-22-21-24(23-14-16-8-3-2-4-9-16)20(15-25-21)19-13-7-11-17-10-5-6-12-18(17)19/h5-7,10-16H,2-4,8-9H2,1H3. The van der Waals surface area contributed by atoms with Gasteiger partial charge >= 0.3 is 0 Å². The smallest absolute Gasteiger partial charge is 0.205 e. The highest BCUT2D eigenvalue weighted by molar-refractivity contribution is 7.07. The first kappa shape index (κ1) is 16.3. The third-order valence-corrected chi connectivity index (χ3v) is 5.89. The maximum Gasteiger partial charge on any atom is 0.205 e. The summed E-state index contributed by atoms with van der Waals surface area (Å²) in [6.07, 6.45) is 8.69. The molecule has 0 saturated heterocycles. The van der Waals surface area contributed by atoms with E-state index in [-0.39, 0.29) is 0 Å². The average Bonchev–Trinajstić information content (AvgIpc) is 3.09. The molecule has 0 radical (unpaired) electrons. The molecule has 1 fully saturated rings. The Labute approximate surface area is 152 Å². The molecular weight excluding hydrogens is 326 g/mol. The molecule has 4 heteroatoms. The molecule has 2 aromatic carbocycles. The van der Waals surface area contributed by atoms with Crippen LogP contribution in [-0.4, -0.2) is 17.9 Å². The Bertz CT molecular complexity index is 953. The van der Waals surface area contributed by atoms with Gasteiger partial charge in [-0.25, -0.2) is 4.68 Å². The molecule has 128 valence electrons. The minimum absolute atomic E-state index is 0.603. The lowest BCUT2D eigenvalue weighted by atomic mass is 9.90. The van der Waals surface area contributed by atoms with Gasteiger partial charge in [-0.05, 0) is 29.5 Å². The number of aromatic nitrogens is 1. The van der Waals surface area contributed by atoms with Gasteiger partial charge in [0.05, 0.1) is 5.69 Å². The summed E-state index contributed by atoms with van der Waals surface area (Å²) in [5.41, 5.74) is 2.33. The van der Waals surface area contributed by atoms with Gasteiger partial charge in [-0.2, -0.15) is 5.10 Å². The van der Waals surface area contributed by atoms with Crippen LogP contribution in [0.3, 0.4) is 0 Å². The Balaban J connectivity index is 1.80. The van der Waals surface area contributed by atoms with Crippen molar-refractivity contribution in [3.05, 3.63) is 52.6 Å². The van der Waals surface area contributed by atoms with Crippen molar-refractivity contribution in [2.45, 2.75) is 32.1 Å². The molecule has 25 heavy (non-hydrogen) atoms. The predicted molar refractivity (Wildman–Crippen MR) is 107 cm³/mol. The summed E-state index contributed by atoms with van der Waals surface area (Å²) in [4.78, 5) is 5.37. The van der Waals surface area contributed by atoms with Crippen molar-refractivity contribution in [2.75, 3.05) is 7.05 Å². The molecule has 4 rings (SSSR count). The molecule has 1 aliphatic rings. The third kappa shape index (κ3) is 3.31. The van der Waals surface area contributed by atoms with Gasteiger partial charge in [-0.3, -0.25) is 4.99 Å². The number of rotatable bonds is 3. The van der Waals surface area contributed by atoms with E-state index in [2.05, 4.69) is 59.1 Å². The van der Waals surface area contributed by atoms with E-state index in [1.807, 2.05) is 11.7 Å². The molecule has 0 amide bonds. The van der Waals surface area contributed by atoms with E-state index in [0.29, 0.717) is 5.92 Å². The van der Waals surface area contributed by atoms with Gasteiger partial charge in [-0.15, -0.1) is 11.3 Å². The van der Waals surface area contributed by atoms with Crippen molar-refractivity contribution in [1.29, 1.82) is 0 Å². The van der Waals surface area contributed by atoms with E-state index in [0.717, 1.165) is 10.5 Å². The lowest BCUT2D eigenvalue weighted by molar-refractivity contribution is 0.443. The Hall–Kier alpha value is -2.20. The maximum atomic E-state index is 4.85. The van der Waals surface area contributed by atoms with Crippen LogP contribution in [-0.2, 0) is 0 Å². The molecule has 0 atom stereocenters. The monoisotopic (exact) mass is 349 g/mol. The van der Waals surface area contributed by atoms with E-state index in [9.17, 15) is 0 Å². The minimum atomic E-state index is 0.603. The largest absolute Gasteiger partial charge is 0.261 e. The van der Waals surface area contributed by atoms with Crippen LogP contribution in [0.1, 0.15) is 32.1 Å². The highest BCUT2D eigenvalue weighted by Crippen LogP contribution is 2.29. The fourth-order valence-corrected chi connectivity index (χ4v) is 4.44. The second kappa shape index (κ2) is 7.36. The number of hydrogen-bond acceptors (Lipinski definition) is 3. The quantitative estimate of drug-likeness (QED) is 0.573. The Morgan fingerprint density at radius 2 is 1.84 bits per heavy atom. The molecule has 0 aliphatic heterocycles. The number of thiazole rings is 1. The first-order chi connectivity index (χ1) is 12.4. The summed E-state index contributed by atoms with van der Waals surface area (Å²) in [5, 5.41) is 9.53. The van der Waals surface area contributed by atoms with E-state index in [1.165, 1.54) is 48.4 Å². The number of benzene rings is 2. The van der Waals surface area contributed by atoms with E-state index in [4.69, 9.17) is 5.10 Å². The molecule has 1 aliphatic carbocycles. The normalized spacial score (nSPS) is 16.9. The Morgan fingerprint density at radius 1 is 1.04 bits per heavy atom. The number of nitrogens with zero attached hydrogens (tertiary/aromatic N) is 3. The highest BCUT2D eigenvalue weighted by Gasteiger charge is 2.13. The van der Waals surface area contributed by atoms with Crippen LogP contribution in [0.25, 0.3) is 22.0 Å². The summed E-state index contributed by atoms with van der Waals surface area (Å²) in [6, 6.07) is 15.0. The summed E-state index contributed by atoms with van der Waals surface area (Å²) in [6.45, 7) is 0. The zero-order chi connectivity index (χ0) is 17.1. The van der Waals surface area contributed by atoms with E-state index in [1.54, 1.807) is 11.3 Å². The van der Waals surface area contributed by atoms with Crippen LogP contribution in [0.5, 0.6) is 0 Å². The van der Waals surface area contributed by atoms with E-state index < -0.39 is 0 Å². The van der Waals surface area contributed by atoms with Crippen LogP contribution in [0.4, 0.5) is 0 Å². The molecule has 0 N–H and O–H groups in total. The molecule has 1 saturated carbocycles. The lowest BCUT2D eigenvalue weighted by Crippen LogP contribution is -2.14. The van der Waals surface area contributed by atoms with Gasteiger partial charge in [0.25, 0.3) is 0 Å². The molecule has 1 aromatic heterocycles. The van der Waals surface area contributed by atoms with Crippen molar-refractivity contribution in [1.82, 2.24) is 4.68 Å². The van der Waals surface area contributed by atoms with Gasteiger partial charge in [0, 0.05) is 24.2 Å². The van der Waals surface area contributed by atoms with Crippen molar-refractivity contribution in [2.24, 2.45) is 16.0 Å². The number of hydrogen-bond donors (Lipinski definition) is 0. The Morgan fingerprint density at radius 3 is 2.68 bits per heavy atom. The lowest BCUT2D eigenvalue weighted by Gasteiger charge is -2.17. The SMILES string of the molecule is CN=c1scc(-c2cccc3ccccc23)n1N=CC1CCCCC1. The van der Waals surface area contributed by atoms with E-state index >= 15 is 0 Å². The van der Waals surface area contributed by atoms with Crippen molar-refractivity contribution in [3.8, 4) is 11.3 Å². The first-order valence-electron chi connectivity index (χ1n) is 9.03. The molecule has 3 nitrogen and oxygen atoms in total. The van der Waals surface area contributed by atoms with Crippen LogP contribution in [0.2, 0.25) is 0 Å². The molecule has 0 spiro atoms. The summed E-state index contributed by atoms with van der Waals surface area (Å²) in [7, 11) is 1.84. The summed E-state index contributed by atoms with van der Waals surface area (Å²) < 4.78 is 2.01. The second-order valence-corrected chi connectivity index (χ2v) is 7.46. The van der Waals surface area contributed by atoms with Gasteiger partial charge in [0.1, 0.15) is 0 Å². The van der Waals surface area contributed by atoms with Gasteiger partial charge in [-0.1, -0.05) is 61.7 Å². The van der Waals surface area contributed by atoms with Crippen LogP contribution >= 0.6 is 11.3 Å². The highest BCUT2D eigenvalue weighted by atomic mass is 32.1. The Kier molecular flexibility index (Phi) is 4.79. The van der Waals surface area contributed by atoms with Gasteiger partial charge in [0.2, 0.25) is 4.80 Å². The zero-order valence-electron chi connectivity index (χ0n) is 14.6. The molecule has 3 aromatic rings. The topological polar surface area (TPSA) is 29.6 Å². The van der Waals surface area contributed by atoms with Crippen molar-refractivity contribution < 1.29 is 0 Å². The van der Waals surface area contributed by atoms with Crippen LogP contribution < -0.4 is 4.80 Å². The summed E-state index contributed by atoms with van der Waals surface area (Å²) >= 11 is 1.65. The summed E-state index contributed by atoms with van der Waals surface area (Å²) in [5.74, 6) is 0.603. The van der Waals surface area contributed by atoms with Crippen molar-refractivity contribution in [3.63, 3.8) is 0 Å². The zero-order valence-corrected chi connectivity index (χ0v) is 15.4. The fraction of sp³-hybridized carbons (Fsp3) is 0.333. The maximum absolute atomic E-state index is 4.85. The molecule has 1 heterocycles. The van der Waals surface area contributed by atoms with Crippen LogP contribution in [0, 0.1) is 5.92 Å². The first-order valence-corrected chi connectivity index (χ1v) is 9.91.